The Morgan fingerprint density at radius 1 is 1.43 bits per heavy atom. The minimum atomic E-state index is -0.381. The summed E-state index contributed by atoms with van der Waals surface area (Å²) in [4.78, 5) is 11.7. The standard InChI is InChI=1S/C16H23FN2O2/c1-2-13(21-15-6-4-3-5-14(15)17)10-19-16(20)11-18-9-12-7-8-12/h3-6,12-13,18H,2,7-11H2,1H3,(H,19,20). The summed E-state index contributed by atoms with van der Waals surface area (Å²) >= 11 is 0. The lowest BCUT2D eigenvalue weighted by molar-refractivity contribution is -0.120. The van der Waals surface area contributed by atoms with E-state index >= 15 is 0 Å². The summed E-state index contributed by atoms with van der Waals surface area (Å²) in [6.45, 7) is 3.57. The second kappa shape index (κ2) is 7.98. The van der Waals surface area contributed by atoms with Crippen molar-refractivity contribution in [1.82, 2.24) is 10.6 Å². The summed E-state index contributed by atoms with van der Waals surface area (Å²) in [6.07, 6.45) is 3.00. The van der Waals surface area contributed by atoms with Crippen LogP contribution in [-0.2, 0) is 4.79 Å². The lowest BCUT2D eigenvalue weighted by Gasteiger charge is -2.18. The molecule has 2 rings (SSSR count). The van der Waals surface area contributed by atoms with E-state index in [4.69, 9.17) is 4.74 Å². The van der Waals surface area contributed by atoms with E-state index < -0.39 is 0 Å². The minimum absolute atomic E-state index is 0.0498. The monoisotopic (exact) mass is 294 g/mol. The smallest absolute Gasteiger partial charge is 0.234 e. The molecule has 0 bridgehead atoms. The van der Waals surface area contributed by atoms with E-state index in [-0.39, 0.29) is 23.6 Å². The van der Waals surface area contributed by atoms with Gasteiger partial charge < -0.3 is 15.4 Å². The van der Waals surface area contributed by atoms with Gasteiger partial charge >= 0.3 is 0 Å². The number of carbonyl (C=O) groups is 1. The highest BCUT2D eigenvalue weighted by atomic mass is 19.1. The number of rotatable bonds is 9. The van der Waals surface area contributed by atoms with Gasteiger partial charge in [0.25, 0.3) is 0 Å². The molecule has 1 aromatic carbocycles. The van der Waals surface area contributed by atoms with Crippen LogP contribution in [0.2, 0.25) is 0 Å². The Bertz CT molecular complexity index is 463. The molecule has 116 valence electrons. The van der Waals surface area contributed by atoms with Crippen molar-refractivity contribution in [3.63, 3.8) is 0 Å². The molecule has 2 N–H and O–H groups in total. The number of amides is 1. The zero-order chi connectivity index (χ0) is 15.1. The molecule has 4 nitrogen and oxygen atoms in total. The molecule has 21 heavy (non-hydrogen) atoms. The van der Waals surface area contributed by atoms with Crippen molar-refractivity contribution in [1.29, 1.82) is 0 Å². The lowest BCUT2D eigenvalue weighted by Crippen LogP contribution is -2.40. The first-order valence-electron chi connectivity index (χ1n) is 7.57. The van der Waals surface area contributed by atoms with Crippen molar-refractivity contribution >= 4 is 5.91 Å². The maximum Gasteiger partial charge on any atom is 0.234 e. The predicted molar refractivity (Wildman–Crippen MR) is 79.7 cm³/mol. The quantitative estimate of drug-likeness (QED) is 0.733. The highest BCUT2D eigenvalue weighted by Gasteiger charge is 2.20. The molecular weight excluding hydrogens is 271 g/mol. The number of para-hydroxylation sites is 1. The van der Waals surface area contributed by atoms with E-state index in [1.165, 1.54) is 18.9 Å². The maximum atomic E-state index is 13.5. The fraction of sp³-hybridized carbons (Fsp3) is 0.562. The van der Waals surface area contributed by atoms with Gasteiger partial charge in [0.2, 0.25) is 5.91 Å². The molecule has 0 radical (unpaired) electrons. The van der Waals surface area contributed by atoms with Crippen LogP contribution in [0.3, 0.4) is 0 Å². The number of halogens is 1. The normalized spacial score (nSPS) is 15.5. The summed E-state index contributed by atoms with van der Waals surface area (Å²) in [6, 6.07) is 6.31. The molecule has 0 aliphatic heterocycles. The van der Waals surface area contributed by atoms with Gasteiger partial charge in [0.1, 0.15) is 6.10 Å². The van der Waals surface area contributed by atoms with E-state index in [1.54, 1.807) is 18.2 Å². The summed E-state index contributed by atoms with van der Waals surface area (Å²) in [5.74, 6) is 0.552. The molecular formula is C16H23FN2O2. The number of nitrogens with one attached hydrogen (secondary N) is 2. The Morgan fingerprint density at radius 3 is 2.86 bits per heavy atom. The van der Waals surface area contributed by atoms with Gasteiger partial charge in [-0.1, -0.05) is 19.1 Å². The molecule has 0 heterocycles. The van der Waals surface area contributed by atoms with Gasteiger partial charge in [-0.2, -0.15) is 0 Å². The molecule has 1 aromatic rings. The second-order valence-corrected chi connectivity index (χ2v) is 5.46. The van der Waals surface area contributed by atoms with Crippen molar-refractivity contribution < 1.29 is 13.9 Å². The van der Waals surface area contributed by atoms with Gasteiger partial charge in [-0.15, -0.1) is 0 Å². The van der Waals surface area contributed by atoms with E-state index in [2.05, 4.69) is 10.6 Å². The van der Waals surface area contributed by atoms with Crippen LogP contribution >= 0.6 is 0 Å². The van der Waals surface area contributed by atoms with Crippen LogP contribution in [0.1, 0.15) is 26.2 Å². The average molecular weight is 294 g/mol. The Morgan fingerprint density at radius 2 is 2.19 bits per heavy atom. The van der Waals surface area contributed by atoms with Crippen molar-refractivity contribution in [3.8, 4) is 5.75 Å². The Labute approximate surface area is 125 Å². The summed E-state index contributed by atoms with van der Waals surface area (Å²) in [5, 5.41) is 5.95. The highest BCUT2D eigenvalue weighted by molar-refractivity contribution is 5.77. The number of benzene rings is 1. The zero-order valence-corrected chi connectivity index (χ0v) is 12.4. The van der Waals surface area contributed by atoms with Crippen LogP contribution in [0.25, 0.3) is 0 Å². The first-order chi connectivity index (χ1) is 10.2. The number of hydrogen-bond donors (Lipinski definition) is 2. The van der Waals surface area contributed by atoms with Crippen LogP contribution in [0, 0.1) is 11.7 Å². The van der Waals surface area contributed by atoms with Crippen LogP contribution in [0.4, 0.5) is 4.39 Å². The Hall–Kier alpha value is -1.62. The number of ether oxygens (including phenoxy) is 1. The third-order valence-corrected chi connectivity index (χ3v) is 3.53. The van der Waals surface area contributed by atoms with Gasteiger partial charge in [-0.3, -0.25) is 4.79 Å². The van der Waals surface area contributed by atoms with E-state index in [0.29, 0.717) is 19.5 Å². The zero-order valence-electron chi connectivity index (χ0n) is 12.4. The highest BCUT2D eigenvalue weighted by Crippen LogP contribution is 2.27. The van der Waals surface area contributed by atoms with Crippen molar-refractivity contribution in [2.45, 2.75) is 32.3 Å². The van der Waals surface area contributed by atoms with Gasteiger partial charge in [-0.05, 0) is 43.9 Å². The third kappa shape index (κ3) is 5.71. The number of carbonyl (C=O) groups excluding carboxylic acids is 1. The van der Waals surface area contributed by atoms with E-state index in [9.17, 15) is 9.18 Å². The average Bonchev–Trinajstić information content (AvgIpc) is 3.29. The Kier molecular flexibility index (Phi) is 5.99. The molecule has 0 spiro atoms. The van der Waals surface area contributed by atoms with Crippen LogP contribution in [-0.4, -0.2) is 31.6 Å². The molecule has 1 saturated carbocycles. The van der Waals surface area contributed by atoms with Gasteiger partial charge in [0.15, 0.2) is 11.6 Å². The third-order valence-electron chi connectivity index (χ3n) is 3.53. The van der Waals surface area contributed by atoms with E-state index in [0.717, 1.165) is 12.5 Å². The fourth-order valence-corrected chi connectivity index (χ4v) is 1.99. The number of hydrogen-bond acceptors (Lipinski definition) is 3. The van der Waals surface area contributed by atoms with Gasteiger partial charge in [-0.25, -0.2) is 4.39 Å². The topological polar surface area (TPSA) is 50.4 Å². The Balaban J connectivity index is 1.68. The molecule has 1 aliphatic carbocycles. The molecule has 1 aliphatic rings. The van der Waals surface area contributed by atoms with Gasteiger partial charge in [0, 0.05) is 0 Å². The summed E-state index contributed by atoms with van der Waals surface area (Å²) in [7, 11) is 0. The summed E-state index contributed by atoms with van der Waals surface area (Å²) < 4.78 is 19.1. The molecule has 1 unspecified atom stereocenters. The van der Waals surface area contributed by atoms with Crippen molar-refractivity contribution in [2.75, 3.05) is 19.6 Å². The largest absolute Gasteiger partial charge is 0.486 e. The molecule has 0 aromatic heterocycles. The van der Waals surface area contributed by atoms with Crippen LogP contribution < -0.4 is 15.4 Å². The van der Waals surface area contributed by atoms with Crippen molar-refractivity contribution in [3.05, 3.63) is 30.1 Å². The molecule has 1 amide bonds. The first kappa shape index (κ1) is 15.8. The van der Waals surface area contributed by atoms with Gasteiger partial charge in [0.05, 0.1) is 13.1 Å². The van der Waals surface area contributed by atoms with Crippen molar-refractivity contribution in [2.24, 2.45) is 5.92 Å². The minimum Gasteiger partial charge on any atom is -0.486 e. The molecule has 1 atom stereocenters. The molecule has 1 fully saturated rings. The second-order valence-electron chi connectivity index (χ2n) is 5.46. The SMILES string of the molecule is CCC(CNC(=O)CNCC1CC1)Oc1ccccc1F. The maximum absolute atomic E-state index is 13.5. The van der Waals surface area contributed by atoms with E-state index in [1.807, 2.05) is 6.92 Å². The lowest BCUT2D eigenvalue weighted by atomic mass is 10.2. The fourth-order valence-electron chi connectivity index (χ4n) is 1.99. The molecule has 0 saturated heterocycles. The van der Waals surface area contributed by atoms with Crippen LogP contribution in [0.15, 0.2) is 24.3 Å². The summed E-state index contributed by atoms with van der Waals surface area (Å²) in [5.41, 5.74) is 0. The van der Waals surface area contributed by atoms with Crippen LogP contribution in [0.5, 0.6) is 5.75 Å². The molecule has 5 heteroatoms. The predicted octanol–water partition coefficient (Wildman–Crippen LogP) is 2.10. The first-order valence-corrected chi connectivity index (χ1v) is 7.57.